The topological polar surface area (TPSA) is 26.3 Å². The highest BCUT2D eigenvalue weighted by Gasteiger charge is 2.11. The van der Waals surface area contributed by atoms with Gasteiger partial charge in [0.2, 0.25) is 0 Å². The molecule has 0 fully saturated rings. The number of benzene rings is 2. The maximum Gasteiger partial charge on any atom is 0.337 e. The molecule has 2 rings (SSSR count). The molecule has 0 aromatic heterocycles. The summed E-state index contributed by atoms with van der Waals surface area (Å²) in [6.45, 7) is 4.19. The van der Waals surface area contributed by atoms with Crippen LogP contribution in [0.2, 0.25) is 0 Å². The molecule has 2 aromatic carbocycles. The van der Waals surface area contributed by atoms with Gasteiger partial charge >= 0.3 is 5.97 Å². The summed E-state index contributed by atoms with van der Waals surface area (Å²) in [7, 11) is 1.28. The Balaban J connectivity index is 2.43. The van der Waals surface area contributed by atoms with Crippen LogP contribution in [0, 0.1) is 5.82 Å². The van der Waals surface area contributed by atoms with Gasteiger partial charge in [0.1, 0.15) is 5.82 Å². The van der Waals surface area contributed by atoms with E-state index in [-0.39, 0.29) is 5.56 Å². The summed E-state index contributed by atoms with van der Waals surface area (Å²) < 4.78 is 18.7. The van der Waals surface area contributed by atoms with Crippen molar-refractivity contribution in [1.82, 2.24) is 0 Å². The SMILES string of the molecule is COC(=O)c1ccc(-c2cccc(C(C)C)c2)c(F)c1. The lowest BCUT2D eigenvalue weighted by Gasteiger charge is -2.10. The number of carbonyl (C=O) groups is 1. The van der Waals surface area contributed by atoms with Crippen LogP contribution in [0.25, 0.3) is 11.1 Å². The van der Waals surface area contributed by atoms with Crippen molar-refractivity contribution in [3.63, 3.8) is 0 Å². The molecule has 2 aromatic rings. The lowest BCUT2D eigenvalue weighted by atomic mass is 9.96. The first-order valence-electron chi connectivity index (χ1n) is 6.51. The van der Waals surface area contributed by atoms with Crippen LogP contribution in [0.1, 0.15) is 35.7 Å². The fraction of sp³-hybridized carbons (Fsp3) is 0.235. The molecular weight excluding hydrogens is 255 g/mol. The van der Waals surface area contributed by atoms with Crippen LogP contribution in [0.3, 0.4) is 0 Å². The maximum atomic E-state index is 14.2. The van der Waals surface area contributed by atoms with E-state index < -0.39 is 11.8 Å². The molecule has 2 nitrogen and oxygen atoms in total. The van der Waals surface area contributed by atoms with Crippen LogP contribution in [-0.2, 0) is 4.74 Å². The summed E-state index contributed by atoms with van der Waals surface area (Å²) in [6.07, 6.45) is 0. The Morgan fingerprint density at radius 3 is 2.50 bits per heavy atom. The molecule has 0 heterocycles. The Hall–Kier alpha value is -2.16. The number of carbonyl (C=O) groups excluding carboxylic acids is 1. The van der Waals surface area contributed by atoms with Gasteiger partial charge in [0, 0.05) is 5.56 Å². The highest BCUT2D eigenvalue weighted by Crippen LogP contribution is 2.27. The fourth-order valence-corrected chi connectivity index (χ4v) is 2.06. The number of halogens is 1. The van der Waals surface area contributed by atoms with Crippen molar-refractivity contribution in [2.45, 2.75) is 19.8 Å². The molecule has 0 aliphatic rings. The highest BCUT2D eigenvalue weighted by molar-refractivity contribution is 5.90. The van der Waals surface area contributed by atoms with E-state index in [0.29, 0.717) is 11.5 Å². The van der Waals surface area contributed by atoms with Crippen LogP contribution in [-0.4, -0.2) is 13.1 Å². The van der Waals surface area contributed by atoms with E-state index in [2.05, 4.69) is 18.6 Å². The number of methoxy groups -OCH3 is 1. The largest absolute Gasteiger partial charge is 0.465 e. The molecule has 0 aliphatic carbocycles. The lowest BCUT2D eigenvalue weighted by Crippen LogP contribution is -2.02. The van der Waals surface area contributed by atoms with Gasteiger partial charge in [-0.2, -0.15) is 0 Å². The predicted molar refractivity (Wildman–Crippen MR) is 77.3 cm³/mol. The van der Waals surface area contributed by atoms with Gasteiger partial charge < -0.3 is 4.74 Å². The van der Waals surface area contributed by atoms with Gasteiger partial charge in [-0.05, 0) is 29.2 Å². The zero-order valence-electron chi connectivity index (χ0n) is 11.8. The Kier molecular flexibility index (Phi) is 4.18. The normalized spacial score (nSPS) is 10.7. The number of esters is 1. The molecule has 3 heteroatoms. The third kappa shape index (κ3) is 2.87. The molecule has 0 N–H and O–H groups in total. The van der Waals surface area contributed by atoms with Crippen LogP contribution in [0.4, 0.5) is 4.39 Å². The monoisotopic (exact) mass is 272 g/mol. The van der Waals surface area contributed by atoms with E-state index in [1.165, 1.54) is 13.2 Å². The van der Waals surface area contributed by atoms with Crippen molar-refractivity contribution < 1.29 is 13.9 Å². The molecule has 0 unspecified atom stereocenters. The second-order valence-electron chi connectivity index (χ2n) is 4.97. The molecule has 0 radical (unpaired) electrons. The predicted octanol–water partition coefficient (Wildman–Crippen LogP) is 4.40. The first-order valence-corrected chi connectivity index (χ1v) is 6.51. The second-order valence-corrected chi connectivity index (χ2v) is 4.97. The molecule has 0 bridgehead atoms. The minimum absolute atomic E-state index is 0.216. The van der Waals surface area contributed by atoms with Crippen molar-refractivity contribution in [3.8, 4) is 11.1 Å². The van der Waals surface area contributed by atoms with Crippen molar-refractivity contribution in [2.24, 2.45) is 0 Å². The summed E-state index contributed by atoms with van der Waals surface area (Å²) in [5.74, 6) is -0.576. The molecule has 20 heavy (non-hydrogen) atoms. The van der Waals surface area contributed by atoms with E-state index >= 15 is 0 Å². The standard InChI is InChI=1S/C17H17FO2/c1-11(2)12-5-4-6-13(9-12)15-8-7-14(10-16(15)18)17(19)20-3/h4-11H,1-3H3. The quantitative estimate of drug-likeness (QED) is 0.774. The lowest BCUT2D eigenvalue weighted by molar-refractivity contribution is 0.0600. The Morgan fingerprint density at radius 2 is 1.90 bits per heavy atom. The summed E-state index contributed by atoms with van der Waals surface area (Å²) in [5.41, 5.74) is 2.66. The van der Waals surface area contributed by atoms with E-state index in [1.54, 1.807) is 12.1 Å². The van der Waals surface area contributed by atoms with Crippen LogP contribution in [0.5, 0.6) is 0 Å². The Morgan fingerprint density at radius 1 is 1.15 bits per heavy atom. The van der Waals surface area contributed by atoms with Gasteiger partial charge in [-0.1, -0.05) is 44.2 Å². The van der Waals surface area contributed by atoms with E-state index in [4.69, 9.17) is 0 Å². The molecular formula is C17H17FO2. The molecule has 104 valence electrons. The van der Waals surface area contributed by atoms with E-state index in [1.807, 2.05) is 24.3 Å². The minimum Gasteiger partial charge on any atom is -0.465 e. The smallest absolute Gasteiger partial charge is 0.337 e. The first-order chi connectivity index (χ1) is 9.52. The van der Waals surface area contributed by atoms with Crippen LogP contribution in [0.15, 0.2) is 42.5 Å². The maximum absolute atomic E-state index is 14.2. The van der Waals surface area contributed by atoms with Crippen molar-refractivity contribution >= 4 is 5.97 Å². The third-order valence-corrected chi connectivity index (χ3v) is 3.25. The minimum atomic E-state index is -0.536. The second kappa shape index (κ2) is 5.87. The van der Waals surface area contributed by atoms with Crippen LogP contribution < -0.4 is 0 Å². The summed E-state index contributed by atoms with van der Waals surface area (Å²) in [6, 6.07) is 12.2. The molecule has 0 saturated heterocycles. The number of rotatable bonds is 3. The zero-order valence-corrected chi connectivity index (χ0v) is 11.8. The average Bonchev–Trinajstić information content (AvgIpc) is 2.46. The molecule has 0 saturated carbocycles. The molecule has 0 amide bonds. The molecule has 0 atom stereocenters. The van der Waals surface area contributed by atoms with E-state index in [9.17, 15) is 9.18 Å². The fourth-order valence-electron chi connectivity index (χ4n) is 2.06. The van der Waals surface area contributed by atoms with Crippen molar-refractivity contribution in [3.05, 3.63) is 59.4 Å². The van der Waals surface area contributed by atoms with Gasteiger partial charge in [0.05, 0.1) is 12.7 Å². The van der Waals surface area contributed by atoms with Gasteiger partial charge in [-0.25, -0.2) is 9.18 Å². The zero-order chi connectivity index (χ0) is 14.7. The molecule has 0 aliphatic heterocycles. The highest BCUT2D eigenvalue weighted by atomic mass is 19.1. The average molecular weight is 272 g/mol. The Labute approximate surface area is 118 Å². The number of hydrogen-bond acceptors (Lipinski definition) is 2. The number of hydrogen-bond donors (Lipinski definition) is 0. The van der Waals surface area contributed by atoms with E-state index in [0.717, 1.165) is 11.1 Å². The van der Waals surface area contributed by atoms with Crippen molar-refractivity contribution in [1.29, 1.82) is 0 Å². The summed E-state index contributed by atoms with van der Waals surface area (Å²) >= 11 is 0. The third-order valence-electron chi connectivity index (χ3n) is 3.25. The number of ether oxygens (including phenoxy) is 1. The Bertz CT molecular complexity index is 633. The van der Waals surface area contributed by atoms with Crippen molar-refractivity contribution in [2.75, 3.05) is 7.11 Å². The summed E-state index contributed by atoms with van der Waals surface area (Å²) in [5, 5.41) is 0. The molecule has 0 spiro atoms. The first kappa shape index (κ1) is 14.3. The van der Waals surface area contributed by atoms with Crippen LogP contribution >= 0.6 is 0 Å². The van der Waals surface area contributed by atoms with Gasteiger partial charge in [0.25, 0.3) is 0 Å². The summed E-state index contributed by atoms with van der Waals surface area (Å²) in [4.78, 5) is 11.4. The van der Waals surface area contributed by atoms with Gasteiger partial charge in [-0.3, -0.25) is 0 Å². The van der Waals surface area contributed by atoms with Gasteiger partial charge in [-0.15, -0.1) is 0 Å². The van der Waals surface area contributed by atoms with Gasteiger partial charge in [0.15, 0.2) is 0 Å².